The molecule has 29 heavy (non-hydrogen) atoms. The number of imide groups is 1. The zero-order valence-electron chi connectivity index (χ0n) is 16.3. The summed E-state index contributed by atoms with van der Waals surface area (Å²) in [7, 11) is 0. The molecule has 4 rings (SSSR count). The van der Waals surface area contributed by atoms with Crippen LogP contribution in [0.25, 0.3) is 0 Å². The Morgan fingerprint density at radius 3 is 2.45 bits per heavy atom. The number of likely N-dealkylation sites (N-methyl/N-ethyl adjacent to an activating group) is 1. The van der Waals surface area contributed by atoms with Gasteiger partial charge < -0.3 is 15.5 Å². The van der Waals surface area contributed by atoms with Gasteiger partial charge in [-0.25, -0.2) is 4.79 Å². The summed E-state index contributed by atoms with van der Waals surface area (Å²) in [6, 6.07) is 10.8. The predicted molar refractivity (Wildman–Crippen MR) is 108 cm³/mol. The summed E-state index contributed by atoms with van der Waals surface area (Å²) < 4.78 is 0. The first-order valence-corrected chi connectivity index (χ1v) is 9.74. The third-order valence-electron chi connectivity index (χ3n) is 5.78. The molecule has 3 amide bonds. The van der Waals surface area contributed by atoms with Crippen LogP contribution in [0.2, 0.25) is 0 Å². The van der Waals surface area contributed by atoms with Gasteiger partial charge in [-0.1, -0.05) is 30.3 Å². The highest BCUT2D eigenvalue weighted by atomic mass is 16.2. The zero-order chi connectivity index (χ0) is 20.6. The lowest BCUT2D eigenvalue weighted by molar-refractivity contribution is -0.134. The van der Waals surface area contributed by atoms with Crippen molar-refractivity contribution in [1.82, 2.24) is 19.8 Å². The minimum Gasteiger partial charge on any atom is -0.369 e. The number of aromatic amines is 1. The topological polar surface area (TPSA) is 116 Å². The highest BCUT2D eigenvalue weighted by Crippen LogP contribution is 2.39. The molecule has 9 heteroatoms. The van der Waals surface area contributed by atoms with Crippen molar-refractivity contribution in [3.8, 4) is 0 Å². The molecule has 0 bridgehead atoms. The molecule has 2 aliphatic heterocycles. The first kappa shape index (κ1) is 19.0. The largest absolute Gasteiger partial charge is 0.369 e. The summed E-state index contributed by atoms with van der Waals surface area (Å²) in [5, 5.41) is 0. The predicted octanol–water partition coefficient (Wildman–Crippen LogP) is 1.18. The molecule has 1 spiro atoms. The van der Waals surface area contributed by atoms with Gasteiger partial charge in [0.1, 0.15) is 11.4 Å². The molecular formula is C20H24N6O3. The summed E-state index contributed by atoms with van der Waals surface area (Å²) in [6.07, 6.45) is 0.935. The average molecular weight is 396 g/mol. The van der Waals surface area contributed by atoms with E-state index in [2.05, 4.69) is 9.97 Å². The van der Waals surface area contributed by atoms with Gasteiger partial charge in [-0.15, -0.1) is 0 Å². The second-order valence-corrected chi connectivity index (χ2v) is 7.41. The Bertz CT molecular complexity index is 981. The lowest BCUT2D eigenvalue weighted by Gasteiger charge is -2.42. The standard InChI is InChI=1S/C20H24N6O3/c1-2-25-17(28)20(26(19(25)29)13-14-6-4-3-5-7-14)8-10-24(11-9-20)15-12-16(27)23-18(21)22-15/h3-7,12H,2,8-11,13H2,1H3,(H3,21,22,23,27). The van der Waals surface area contributed by atoms with E-state index in [1.165, 1.54) is 11.0 Å². The quantitative estimate of drug-likeness (QED) is 0.750. The minimum absolute atomic E-state index is 0.0581. The SMILES string of the molecule is CCN1C(=O)N(Cc2ccccc2)C2(CCN(c3cc(=O)[nH]c(N)n3)CC2)C1=O. The minimum atomic E-state index is -0.869. The molecular weight excluding hydrogens is 372 g/mol. The molecule has 3 N–H and O–H groups in total. The van der Waals surface area contributed by atoms with Crippen LogP contribution in [0.1, 0.15) is 25.3 Å². The lowest BCUT2D eigenvalue weighted by Crippen LogP contribution is -2.56. The Balaban J connectivity index is 1.61. The van der Waals surface area contributed by atoms with Crippen molar-refractivity contribution < 1.29 is 9.59 Å². The van der Waals surface area contributed by atoms with Crippen LogP contribution in [0.4, 0.5) is 16.6 Å². The molecule has 1 aromatic carbocycles. The van der Waals surface area contributed by atoms with Crippen molar-refractivity contribution in [2.24, 2.45) is 0 Å². The number of carbonyl (C=O) groups is 2. The van der Waals surface area contributed by atoms with E-state index >= 15 is 0 Å². The summed E-state index contributed by atoms with van der Waals surface area (Å²) >= 11 is 0. The number of aromatic nitrogens is 2. The third-order valence-corrected chi connectivity index (χ3v) is 5.78. The molecule has 0 radical (unpaired) electrons. The summed E-state index contributed by atoms with van der Waals surface area (Å²) in [5.41, 5.74) is 5.46. The molecule has 2 saturated heterocycles. The van der Waals surface area contributed by atoms with E-state index in [4.69, 9.17) is 5.73 Å². The maximum absolute atomic E-state index is 13.2. The number of nitrogens with zero attached hydrogens (tertiary/aromatic N) is 4. The van der Waals surface area contributed by atoms with Gasteiger partial charge in [-0.05, 0) is 25.3 Å². The van der Waals surface area contributed by atoms with E-state index in [0.29, 0.717) is 44.8 Å². The van der Waals surface area contributed by atoms with E-state index in [-0.39, 0.29) is 23.4 Å². The number of benzene rings is 1. The number of rotatable bonds is 4. The number of urea groups is 1. The number of piperidine rings is 1. The number of nitrogen functional groups attached to an aromatic ring is 1. The second-order valence-electron chi connectivity index (χ2n) is 7.41. The number of hydrogen-bond acceptors (Lipinski definition) is 6. The molecule has 0 unspecified atom stereocenters. The number of H-pyrrole nitrogens is 1. The number of hydrogen-bond donors (Lipinski definition) is 2. The van der Waals surface area contributed by atoms with Gasteiger partial charge in [0, 0.05) is 32.2 Å². The first-order chi connectivity index (χ1) is 13.9. The van der Waals surface area contributed by atoms with Crippen LogP contribution in [0, 0.1) is 0 Å². The highest BCUT2D eigenvalue weighted by molar-refractivity contribution is 6.07. The van der Waals surface area contributed by atoms with Gasteiger partial charge in [-0.2, -0.15) is 4.98 Å². The number of amides is 3. The summed E-state index contributed by atoms with van der Waals surface area (Å²) in [6.45, 7) is 3.54. The molecule has 3 heterocycles. The van der Waals surface area contributed by atoms with Crippen molar-refractivity contribution in [3.63, 3.8) is 0 Å². The zero-order valence-corrected chi connectivity index (χ0v) is 16.3. The normalized spacial score (nSPS) is 18.7. The summed E-state index contributed by atoms with van der Waals surface area (Å²) in [5.74, 6) is 0.404. The number of nitrogens with two attached hydrogens (primary N) is 1. The second kappa shape index (κ2) is 7.23. The van der Waals surface area contributed by atoms with Gasteiger partial charge in [-0.3, -0.25) is 19.5 Å². The number of anilines is 2. The van der Waals surface area contributed by atoms with Crippen LogP contribution < -0.4 is 16.2 Å². The van der Waals surface area contributed by atoms with Crippen LogP contribution in [-0.4, -0.2) is 56.9 Å². The van der Waals surface area contributed by atoms with Crippen LogP contribution in [-0.2, 0) is 11.3 Å². The van der Waals surface area contributed by atoms with E-state index < -0.39 is 5.54 Å². The maximum Gasteiger partial charge on any atom is 0.327 e. The van der Waals surface area contributed by atoms with Crippen molar-refractivity contribution in [2.75, 3.05) is 30.3 Å². The maximum atomic E-state index is 13.2. The Morgan fingerprint density at radius 1 is 1.14 bits per heavy atom. The Hall–Kier alpha value is -3.36. The molecule has 2 fully saturated rings. The first-order valence-electron chi connectivity index (χ1n) is 9.74. The molecule has 152 valence electrons. The third kappa shape index (κ3) is 3.22. The van der Waals surface area contributed by atoms with Gasteiger partial charge >= 0.3 is 6.03 Å². The molecule has 0 saturated carbocycles. The molecule has 1 aromatic heterocycles. The van der Waals surface area contributed by atoms with E-state index in [0.717, 1.165) is 5.56 Å². The van der Waals surface area contributed by atoms with Crippen molar-refractivity contribution >= 4 is 23.7 Å². The number of nitrogens with one attached hydrogen (secondary N) is 1. The van der Waals surface area contributed by atoms with E-state index in [1.807, 2.05) is 42.2 Å². The van der Waals surface area contributed by atoms with Gasteiger partial charge in [0.2, 0.25) is 5.95 Å². The fraction of sp³-hybridized carbons (Fsp3) is 0.400. The Labute approximate surface area is 168 Å². The van der Waals surface area contributed by atoms with E-state index in [9.17, 15) is 14.4 Å². The highest BCUT2D eigenvalue weighted by Gasteiger charge is 2.57. The van der Waals surface area contributed by atoms with Gasteiger partial charge in [0.15, 0.2) is 0 Å². The Morgan fingerprint density at radius 2 is 1.83 bits per heavy atom. The van der Waals surface area contributed by atoms with Crippen LogP contribution in [0.15, 0.2) is 41.2 Å². The molecule has 2 aliphatic rings. The van der Waals surface area contributed by atoms with Crippen LogP contribution >= 0.6 is 0 Å². The monoisotopic (exact) mass is 396 g/mol. The van der Waals surface area contributed by atoms with Gasteiger partial charge in [0.05, 0.1) is 0 Å². The smallest absolute Gasteiger partial charge is 0.327 e. The van der Waals surface area contributed by atoms with Crippen LogP contribution in [0.3, 0.4) is 0 Å². The summed E-state index contributed by atoms with van der Waals surface area (Å²) in [4.78, 5) is 49.6. The molecule has 0 atom stereocenters. The fourth-order valence-corrected chi connectivity index (χ4v) is 4.26. The van der Waals surface area contributed by atoms with Crippen molar-refractivity contribution in [3.05, 3.63) is 52.3 Å². The van der Waals surface area contributed by atoms with Crippen molar-refractivity contribution in [1.29, 1.82) is 0 Å². The number of carbonyl (C=O) groups excluding carboxylic acids is 2. The fourth-order valence-electron chi connectivity index (χ4n) is 4.26. The van der Waals surface area contributed by atoms with Gasteiger partial charge in [0.25, 0.3) is 11.5 Å². The van der Waals surface area contributed by atoms with Crippen LogP contribution in [0.5, 0.6) is 0 Å². The average Bonchev–Trinajstić information content (AvgIpc) is 2.89. The molecule has 2 aromatic rings. The Kier molecular flexibility index (Phi) is 4.73. The molecule has 9 nitrogen and oxygen atoms in total. The van der Waals surface area contributed by atoms with Crippen molar-refractivity contribution in [2.45, 2.75) is 31.8 Å². The van der Waals surface area contributed by atoms with E-state index in [1.54, 1.807) is 4.90 Å². The molecule has 0 aliphatic carbocycles. The lowest BCUT2D eigenvalue weighted by atomic mass is 9.85.